The van der Waals surface area contributed by atoms with Crippen LogP contribution in [0.15, 0.2) is 24.3 Å². The fraction of sp³-hybridized carbons (Fsp3) is 0.350. The van der Waals surface area contributed by atoms with E-state index in [4.69, 9.17) is 11.6 Å². The van der Waals surface area contributed by atoms with E-state index in [-0.39, 0.29) is 18.1 Å². The van der Waals surface area contributed by atoms with Crippen LogP contribution in [0.3, 0.4) is 0 Å². The van der Waals surface area contributed by atoms with Crippen molar-refractivity contribution in [2.45, 2.75) is 47.2 Å². The van der Waals surface area contributed by atoms with Gasteiger partial charge in [-0.3, -0.25) is 14.2 Å². The number of aromatic nitrogens is 4. The molecule has 2 heterocycles. The molecule has 0 unspecified atom stereocenters. The van der Waals surface area contributed by atoms with E-state index in [9.17, 15) is 9.18 Å². The van der Waals surface area contributed by atoms with Crippen molar-refractivity contribution in [2.75, 3.05) is 5.32 Å². The summed E-state index contributed by atoms with van der Waals surface area (Å²) in [7, 11) is 0. The lowest BCUT2D eigenvalue weighted by Gasteiger charge is -2.08. The van der Waals surface area contributed by atoms with Crippen LogP contribution in [-0.2, 0) is 17.9 Å². The number of rotatable bonds is 6. The number of nitrogens with one attached hydrogen (secondary N) is 1. The average molecular weight is 404 g/mol. The van der Waals surface area contributed by atoms with Crippen molar-refractivity contribution >= 4 is 23.2 Å². The maximum atomic E-state index is 13.9. The zero-order valence-corrected chi connectivity index (χ0v) is 17.1. The number of hydrogen-bond acceptors (Lipinski definition) is 3. The van der Waals surface area contributed by atoms with Gasteiger partial charge in [0.15, 0.2) is 0 Å². The molecule has 0 fully saturated rings. The van der Waals surface area contributed by atoms with Gasteiger partial charge >= 0.3 is 0 Å². The van der Waals surface area contributed by atoms with Gasteiger partial charge in [-0.2, -0.15) is 10.2 Å². The third-order valence-corrected chi connectivity index (χ3v) is 5.31. The summed E-state index contributed by atoms with van der Waals surface area (Å²) < 4.78 is 17.4. The number of amides is 1. The third-order valence-electron chi connectivity index (χ3n) is 4.77. The molecule has 1 N–H and O–H groups in total. The number of aryl methyl sites for hydroxylation is 3. The van der Waals surface area contributed by atoms with Crippen molar-refractivity contribution in [2.24, 2.45) is 0 Å². The second-order valence-corrected chi connectivity index (χ2v) is 7.18. The molecule has 6 nitrogen and oxygen atoms in total. The standard InChI is InChI=1S/C20H23ClFN5O/c1-12-19(21)14(3)26(24-12)10-9-18(28)23-20-13(2)25-27(15(20)4)11-16-7-5-6-8-17(16)22/h5-8H,9-11H2,1-4H3,(H,23,28). The highest BCUT2D eigenvalue weighted by atomic mass is 35.5. The summed E-state index contributed by atoms with van der Waals surface area (Å²) in [6.07, 6.45) is 0.260. The van der Waals surface area contributed by atoms with Crippen molar-refractivity contribution in [1.29, 1.82) is 0 Å². The summed E-state index contributed by atoms with van der Waals surface area (Å²) >= 11 is 6.14. The smallest absolute Gasteiger partial charge is 0.226 e. The van der Waals surface area contributed by atoms with E-state index in [1.165, 1.54) is 6.07 Å². The molecule has 0 aliphatic rings. The largest absolute Gasteiger partial charge is 0.323 e. The van der Waals surface area contributed by atoms with Gasteiger partial charge in [0.2, 0.25) is 5.91 Å². The van der Waals surface area contributed by atoms with E-state index >= 15 is 0 Å². The van der Waals surface area contributed by atoms with Gasteiger partial charge in [0.05, 0.1) is 46.6 Å². The molecule has 8 heteroatoms. The number of carbonyl (C=O) groups excluding carboxylic acids is 1. The fourth-order valence-corrected chi connectivity index (χ4v) is 3.26. The first kappa shape index (κ1) is 20.1. The van der Waals surface area contributed by atoms with Crippen LogP contribution in [0.4, 0.5) is 10.1 Å². The van der Waals surface area contributed by atoms with Gasteiger partial charge in [-0.25, -0.2) is 4.39 Å². The molecule has 2 aromatic heterocycles. The Hall–Kier alpha value is -2.67. The molecule has 0 aliphatic heterocycles. The second-order valence-electron chi connectivity index (χ2n) is 6.80. The van der Waals surface area contributed by atoms with E-state index < -0.39 is 0 Å². The first-order chi connectivity index (χ1) is 13.3. The molecule has 3 rings (SSSR count). The average Bonchev–Trinajstić information content (AvgIpc) is 3.06. The quantitative estimate of drug-likeness (QED) is 0.671. The molecule has 0 spiro atoms. The van der Waals surface area contributed by atoms with Gasteiger partial charge in [-0.05, 0) is 33.8 Å². The van der Waals surface area contributed by atoms with Gasteiger partial charge in [0, 0.05) is 12.0 Å². The first-order valence-electron chi connectivity index (χ1n) is 9.04. The van der Waals surface area contributed by atoms with Crippen LogP contribution in [0.5, 0.6) is 0 Å². The molecule has 28 heavy (non-hydrogen) atoms. The monoisotopic (exact) mass is 403 g/mol. The van der Waals surface area contributed by atoms with Crippen LogP contribution in [0.1, 0.15) is 34.8 Å². The van der Waals surface area contributed by atoms with Gasteiger partial charge < -0.3 is 5.32 Å². The summed E-state index contributed by atoms with van der Waals surface area (Å²) in [6, 6.07) is 6.60. The lowest BCUT2D eigenvalue weighted by atomic mass is 10.2. The van der Waals surface area contributed by atoms with Crippen LogP contribution >= 0.6 is 11.6 Å². The summed E-state index contributed by atoms with van der Waals surface area (Å²) in [6.45, 7) is 8.13. The topological polar surface area (TPSA) is 64.7 Å². The second kappa shape index (κ2) is 8.14. The number of hydrogen-bond donors (Lipinski definition) is 1. The molecule has 0 saturated heterocycles. The molecule has 0 atom stereocenters. The fourth-order valence-electron chi connectivity index (χ4n) is 3.12. The summed E-state index contributed by atoms with van der Waals surface area (Å²) in [5.74, 6) is -0.412. The van der Waals surface area contributed by atoms with E-state index in [0.717, 1.165) is 17.1 Å². The Morgan fingerprint density at radius 2 is 1.75 bits per heavy atom. The Bertz CT molecular complexity index is 1020. The molecular weight excluding hydrogens is 381 g/mol. The van der Waals surface area contributed by atoms with Crippen molar-refractivity contribution < 1.29 is 9.18 Å². The maximum absolute atomic E-state index is 13.9. The van der Waals surface area contributed by atoms with Crippen molar-refractivity contribution in [3.8, 4) is 0 Å². The molecular formula is C20H23ClFN5O. The Labute approximate surface area is 168 Å². The normalized spacial score (nSPS) is 11.1. The molecule has 148 valence electrons. The third kappa shape index (κ3) is 4.09. The van der Waals surface area contributed by atoms with Crippen LogP contribution in [0.25, 0.3) is 0 Å². The molecule has 0 aliphatic carbocycles. The van der Waals surface area contributed by atoms with Crippen LogP contribution in [0, 0.1) is 33.5 Å². The van der Waals surface area contributed by atoms with Crippen LogP contribution < -0.4 is 5.32 Å². The highest BCUT2D eigenvalue weighted by molar-refractivity contribution is 6.31. The highest BCUT2D eigenvalue weighted by Gasteiger charge is 2.16. The van der Waals surface area contributed by atoms with Crippen LogP contribution in [-0.4, -0.2) is 25.5 Å². The molecule has 0 bridgehead atoms. The van der Waals surface area contributed by atoms with Crippen LogP contribution in [0.2, 0.25) is 5.02 Å². The maximum Gasteiger partial charge on any atom is 0.226 e. The Morgan fingerprint density at radius 1 is 1.07 bits per heavy atom. The van der Waals surface area contributed by atoms with E-state index in [2.05, 4.69) is 15.5 Å². The zero-order valence-electron chi connectivity index (χ0n) is 16.4. The number of nitrogens with zero attached hydrogens (tertiary/aromatic N) is 4. The SMILES string of the molecule is Cc1nn(CCC(=O)Nc2c(C)nn(Cc3ccccc3F)c2C)c(C)c1Cl. The van der Waals surface area contributed by atoms with Gasteiger partial charge in [0.25, 0.3) is 0 Å². The van der Waals surface area contributed by atoms with Gasteiger partial charge in [0.1, 0.15) is 5.82 Å². The molecule has 1 aromatic carbocycles. The number of carbonyl (C=O) groups is 1. The Kier molecular flexibility index (Phi) is 5.84. The highest BCUT2D eigenvalue weighted by Crippen LogP contribution is 2.22. The lowest BCUT2D eigenvalue weighted by Crippen LogP contribution is -2.16. The summed E-state index contributed by atoms with van der Waals surface area (Å²) in [5.41, 5.74) is 4.28. The molecule has 1 amide bonds. The van der Waals surface area contributed by atoms with Crippen molar-refractivity contribution in [1.82, 2.24) is 19.6 Å². The van der Waals surface area contributed by atoms with E-state index in [0.29, 0.717) is 35.1 Å². The lowest BCUT2D eigenvalue weighted by molar-refractivity contribution is -0.116. The number of anilines is 1. The Morgan fingerprint density at radius 3 is 2.39 bits per heavy atom. The Balaban J connectivity index is 1.68. The van der Waals surface area contributed by atoms with Crippen molar-refractivity contribution in [3.63, 3.8) is 0 Å². The number of benzene rings is 1. The predicted molar refractivity (Wildman–Crippen MR) is 107 cm³/mol. The van der Waals surface area contributed by atoms with E-state index in [1.807, 2.05) is 27.7 Å². The number of halogens is 2. The predicted octanol–water partition coefficient (Wildman–Crippen LogP) is 4.18. The minimum atomic E-state index is -0.274. The molecule has 3 aromatic rings. The van der Waals surface area contributed by atoms with Gasteiger partial charge in [-0.1, -0.05) is 29.8 Å². The molecule has 0 radical (unpaired) electrons. The summed E-state index contributed by atoms with van der Waals surface area (Å²) in [5, 5.41) is 12.3. The summed E-state index contributed by atoms with van der Waals surface area (Å²) in [4.78, 5) is 12.4. The first-order valence-corrected chi connectivity index (χ1v) is 9.42. The molecule has 0 saturated carbocycles. The minimum Gasteiger partial charge on any atom is -0.323 e. The van der Waals surface area contributed by atoms with Crippen molar-refractivity contribution in [3.05, 3.63) is 63.4 Å². The van der Waals surface area contributed by atoms with Gasteiger partial charge in [-0.15, -0.1) is 0 Å². The zero-order chi connectivity index (χ0) is 20.4. The van der Waals surface area contributed by atoms with E-state index in [1.54, 1.807) is 27.6 Å². The minimum absolute atomic E-state index is 0.139.